The van der Waals surface area contributed by atoms with E-state index in [0.717, 1.165) is 21.0 Å². The van der Waals surface area contributed by atoms with Crippen molar-refractivity contribution in [3.8, 4) is 0 Å². The molecule has 0 spiro atoms. The largest absolute Gasteiger partial charge is 0.326 e. The molecule has 3 rings (SSSR count). The molecular weight excluding hydrogens is 388 g/mol. The molecule has 0 amide bonds. The van der Waals surface area contributed by atoms with Crippen LogP contribution in [0.15, 0.2) is 65.3 Å². The van der Waals surface area contributed by atoms with Crippen molar-refractivity contribution in [1.29, 1.82) is 0 Å². The Morgan fingerprint density at radius 2 is 1.83 bits per heavy atom. The van der Waals surface area contributed by atoms with E-state index in [1.165, 1.54) is 3.97 Å². The summed E-state index contributed by atoms with van der Waals surface area (Å²) >= 11 is 3.44. The minimum absolute atomic E-state index is 0.0675. The van der Waals surface area contributed by atoms with Gasteiger partial charge in [0.15, 0.2) is 0 Å². The summed E-state index contributed by atoms with van der Waals surface area (Å²) in [6, 6.07) is 15.0. The summed E-state index contributed by atoms with van der Waals surface area (Å²) in [4.78, 5) is 0. The fourth-order valence-corrected chi connectivity index (χ4v) is 4.19. The maximum Gasteiger partial charge on any atom is 0.242 e. The van der Waals surface area contributed by atoms with Gasteiger partial charge in [0, 0.05) is 22.6 Å². The smallest absolute Gasteiger partial charge is 0.242 e. The number of aromatic nitrogens is 1. The molecule has 0 atom stereocenters. The Balaban J connectivity index is 1.82. The molecule has 1 aromatic heterocycles. The SMILES string of the molecule is NCc1ccc(C=CCS(=O)(=O)n2ccc3c(Br)cccc32)cc1. The number of hydrogen-bond acceptors (Lipinski definition) is 3. The monoisotopic (exact) mass is 404 g/mol. The van der Waals surface area contributed by atoms with E-state index in [-0.39, 0.29) is 5.75 Å². The number of halogens is 1. The van der Waals surface area contributed by atoms with Crippen LogP contribution in [-0.4, -0.2) is 18.1 Å². The van der Waals surface area contributed by atoms with Gasteiger partial charge in [-0.15, -0.1) is 0 Å². The first kappa shape index (κ1) is 17.0. The summed E-state index contributed by atoms with van der Waals surface area (Å²) in [5.74, 6) is -0.0675. The van der Waals surface area contributed by atoms with Crippen molar-refractivity contribution in [1.82, 2.24) is 3.97 Å². The lowest BCUT2D eigenvalue weighted by atomic mass is 10.1. The van der Waals surface area contributed by atoms with Crippen molar-refractivity contribution >= 4 is 42.9 Å². The number of fused-ring (bicyclic) bond motifs is 1. The highest BCUT2D eigenvalue weighted by Gasteiger charge is 2.15. The number of nitrogens with zero attached hydrogens (tertiary/aromatic N) is 1. The first-order valence-corrected chi connectivity index (χ1v) is 9.86. The van der Waals surface area contributed by atoms with E-state index in [9.17, 15) is 8.42 Å². The molecule has 1 heterocycles. The van der Waals surface area contributed by atoms with E-state index in [0.29, 0.717) is 12.1 Å². The van der Waals surface area contributed by atoms with Gasteiger partial charge in [-0.3, -0.25) is 0 Å². The Morgan fingerprint density at radius 3 is 2.54 bits per heavy atom. The molecule has 2 N–H and O–H groups in total. The van der Waals surface area contributed by atoms with Gasteiger partial charge in [0.25, 0.3) is 0 Å². The van der Waals surface area contributed by atoms with Crippen LogP contribution in [0.2, 0.25) is 0 Å². The van der Waals surface area contributed by atoms with Crippen molar-refractivity contribution in [3.63, 3.8) is 0 Å². The summed E-state index contributed by atoms with van der Waals surface area (Å²) < 4.78 is 27.4. The van der Waals surface area contributed by atoms with Crippen molar-refractivity contribution < 1.29 is 8.42 Å². The minimum atomic E-state index is -3.45. The zero-order chi connectivity index (χ0) is 17.2. The summed E-state index contributed by atoms with van der Waals surface area (Å²) in [6.45, 7) is 0.495. The van der Waals surface area contributed by atoms with E-state index < -0.39 is 10.0 Å². The summed E-state index contributed by atoms with van der Waals surface area (Å²) in [5.41, 5.74) is 8.23. The number of hydrogen-bond donors (Lipinski definition) is 1. The molecule has 2 aromatic carbocycles. The van der Waals surface area contributed by atoms with Crippen LogP contribution in [0.1, 0.15) is 11.1 Å². The zero-order valence-electron chi connectivity index (χ0n) is 12.9. The first-order chi connectivity index (χ1) is 11.5. The maximum absolute atomic E-state index is 12.6. The van der Waals surface area contributed by atoms with Crippen LogP contribution in [0.3, 0.4) is 0 Å². The lowest BCUT2D eigenvalue weighted by Gasteiger charge is -2.05. The van der Waals surface area contributed by atoms with Gasteiger partial charge in [-0.1, -0.05) is 58.4 Å². The highest BCUT2D eigenvalue weighted by atomic mass is 79.9. The predicted octanol–water partition coefficient (Wildman–Crippen LogP) is 3.75. The second kappa shape index (κ2) is 6.93. The van der Waals surface area contributed by atoms with Crippen LogP contribution in [-0.2, 0) is 16.6 Å². The fourth-order valence-electron chi connectivity index (χ4n) is 2.50. The molecule has 6 heteroatoms. The average molecular weight is 405 g/mol. The van der Waals surface area contributed by atoms with E-state index in [1.54, 1.807) is 30.5 Å². The second-order valence-electron chi connectivity index (χ2n) is 5.41. The van der Waals surface area contributed by atoms with E-state index in [1.807, 2.05) is 36.4 Å². The van der Waals surface area contributed by atoms with Crippen LogP contribution in [0.25, 0.3) is 17.0 Å². The third-order valence-electron chi connectivity index (χ3n) is 3.78. The standard InChI is InChI=1S/C18H17BrN2O2S/c19-17-4-1-5-18-16(17)10-11-21(18)24(22,23)12-2-3-14-6-8-15(13-20)9-7-14/h1-11H,12-13,20H2. The number of nitrogens with two attached hydrogens (primary N) is 1. The topological polar surface area (TPSA) is 65.1 Å². The summed E-state index contributed by atoms with van der Waals surface area (Å²) in [6.07, 6.45) is 5.06. The van der Waals surface area contributed by atoms with Gasteiger partial charge >= 0.3 is 0 Å². The van der Waals surface area contributed by atoms with Crippen molar-refractivity contribution in [3.05, 3.63) is 76.4 Å². The molecule has 0 aliphatic heterocycles. The highest BCUT2D eigenvalue weighted by molar-refractivity contribution is 9.10. The van der Waals surface area contributed by atoms with E-state index in [4.69, 9.17) is 5.73 Å². The van der Waals surface area contributed by atoms with E-state index >= 15 is 0 Å². The van der Waals surface area contributed by atoms with Gasteiger partial charge in [-0.25, -0.2) is 12.4 Å². The second-order valence-corrected chi connectivity index (χ2v) is 8.16. The molecule has 24 heavy (non-hydrogen) atoms. The Bertz CT molecular complexity index is 990. The molecule has 0 radical (unpaired) electrons. The maximum atomic E-state index is 12.6. The molecule has 0 bridgehead atoms. The molecule has 0 aliphatic carbocycles. The minimum Gasteiger partial charge on any atom is -0.326 e. The Hall–Kier alpha value is -1.89. The van der Waals surface area contributed by atoms with Gasteiger partial charge in [-0.05, 0) is 29.3 Å². The lowest BCUT2D eigenvalue weighted by molar-refractivity contribution is 0.592. The zero-order valence-corrected chi connectivity index (χ0v) is 15.3. The van der Waals surface area contributed by atoms with Gasteiger partial charge in [0.05, 0.1) is 11.3 Å². The normalized spacial score (nSPS) is 12.2. The van der Waals surface area contributed by atoms with Gasteiger partial charge in [0.2, 0.25) is 10.0 Å². The van der Waals surface area contributed by atoms with Crippen LogP contribution >= 0.6 is 15.9 Å². The van der Waals surface area contributed by atoms with Crippen LogP contribution in [0.4, 0.5) is 0 Å². The first-order valence-electron chi connectivity index (χ1n) is 7.45. The summed E-state index contributed by atoms with van der Waals surface area (Å²) in [7, 11) is -3.45. The van der Waals surface area contributed by atoms with Crippen LogP contribution < -0.4 is 5.73 Å². The van der Waals surface area contributed by atoms with Crippen molar-refractivity contribution in [2.24, 2.45) is 5.73 Å². The molecule has 0 saturated carbocycles. The molecule has 4 nitrogen and oxygen atoms in total. The lowest BCUT2D eigenvalue weighted by Crippen LogP contribution is -2.14. The van der Waals surface area contributed by atoms with Crippen molar-refractivity contribution in [2.45, 2.75) is 6.54 Å². The molecular formula is C18H17BrN2O2S. The van der Waals surface area contributed by atoms with Crippen LogP contribution in [0.5, 0.6) is 0 Å². The average Bonchev–Trinajstić information content (AvgIpc) is 3.02. The highest BCUT2D eigenvalue weighted by Crippen LogP contribution is 2.25. The van der Waals surface area contributed by atoms with Gasteiger partial charge < -0.3 is 5.73 Å². The Labute approximate surface area is 149 Å². The Morgan fingerprint density at radius 1 is 1.08 bits per heavy atom. The van der Waals surface area contributed by atoms with Gasteiger partial charge in [-0.2, -0.15) is 0 Å². The van der Waals surface area contributed by atoms with E-state index in [2.05, 4.69) is 15.9 Å². The molecule has 0 unspecified atom stereocenters. The fraction of sp³-hybridized carbons (Fsp3) is 0.111. The number of rotatable bonds is 5. The molecule has 3 aromatic rings. The molecule has 0 saturated heterocycles. The molecule has 124 valence electrons. The van der Waals surface area contributed by atoms with Crippen molar-refractivity contribution in [2.75, 3.05) is 5.75 Å². The van der Waals surface area contributed by atoms with Crippen LogP contribution in [0, 0.1) is 0 Å². The number of benzene rings is 2. The predicted molar refractivity (Wildman–Crippen MR) is 102 cm³/mol. The summed E-state index contributed by atoms with van der Waals surface area (Å²) in [5, 5.41) is 0.877. The third kappa shape index (κ3) is 3.45. The third-order valence-corrected chi connectivity index (χ3v) is 6.00. The van der Waals surface area contributed by atoms with Gasteiger partial charge in [0.1, 0.15) is 0 Å². The quantitative estimate of drug-likeness (QED) is 0.703. The molecule has 0 aliphatic rings. The Kier molecular flexibility index (Phi) is 4.89. The molecule has 0 fully saturated rings.